The van der Waals surface area contributed by atoms with E-state index in [0.29, 0.717) is 78.2 Å². The number of carbonyl (C=O) groups is 2. The van der Waals surface area contributed by atoms with Gasteiger partial charge in [-0.1, -0.05) is 13.8 Å². The van der Waals surface area contributed by atoms with Gasteiger partial charge in [0.1, 0.15) is 0 Å². The van der Waals surface area contributed by atoms with E-state index in [1.54, 1.807) is 0 Å². The Morgan fingerprint density at radius 3 is 1.33 bits per heavy atom. The van der Waals surface area contributed by atoms with Crippen molar-refractivity contribution in [1.29, 1.82) is 0 Å². The molecule has 228 valence electrons. The molecule has 0 aliphatic carbocycles. The van der Waals surface area contributed by atoms with Crippen molar-refractivity contribution in [3.8, 4) is 5.75 Å². The molecule has 0 radical (unpaired) electrons. The molecule has 0 aliphatic rings. The first-order chi connectivity index (χ1) is 18.8. The summed E-state index contributed by atoms with van der Waals surface area (Å²) in [5, 5.41) is 0. The Balaban J connectivity index is 0. The molecule has 0 saturated heterocycles. The number of ether oxygens (including phenoxy) is 7. The van der Waals surface area contributed by atoms with Crippen LogP contribution in [0.2, 0.25) is 0 Å². The van der Waals surface area contributed by atoms with Crippen LogP contribution in [0.4, 0.5) is 8.78 Å². The first-order valence-electron chi connectivity index (χ1n) is 12.9. The van der Waals surface area contributed by atoms with Gasteiger partial charge in [0.15, 0.2) is 11.6 Å². The van der Waals surface area contributed by atoms with E-state index in [9.17, 15) is 18.4 Å². The molecule has 0 atom stereocenters. The van der Waals surface area contributed by atoms with Crippen molar-refractivity contribution >= 4 is 11.9 Å². The van der Waals surface area contributed by atoms with Crippen LogP contribution >= 0.6 is 0 Å². The summed E-state index contributed by atoms with van der Waals surface area (Å²) in [6.07, 6.45) is -0.136. The highest BCUT2D eigenvalue weighted by Gasteiger charge is 2.15. The number of benzene rings is 1. The second kappa shape index (κ2) is 28.7. The standard InChI is InChI=1S/C22H35F2NO8.C2H5NO.C2H6/c1-18-16-19(23)22(20(24)17-18)33-21(26)2-4-27-6-8-29-10-12-31-14-15-32-13-11-30-9-7-28-5-3-25;1-2(3)4;1-2/h16-17H,2-15,25H2,1H3;1H3,(H2,3,4);1-2H3. The molecule has 0 saturated carbocycles. The van der Waals surface area contributed by atoms with Gasteiger partial charge in [-0.05, 0) is 24.6 Å². The maximum absolute atomic E-state index is 13.6. The molecule has 0 heterocycles. The summed E-state index contributed by atoms with van der Waals surface area (Å²) in [6.45, 7) is 12.2. The third-order valence-corrected chi connectivity index (χ3v) is 3.93. The quantitative estimate of drug-likeness (QED) is 0.128. The lowest BCUT2D eigenvalue weighted by Gasteiger charge is -2.09. The van der Waals surface area contributed by atoms with Crippen LogP contribution < -0.4 is 16.2 Å². The van der Waals surface area contributed by atoms with Crippen molar-refractivity contribution in [1.82, 2.24) is 0 Å². The average Bonchev–Trinajstić information content (AvgIpc) is 2.88. The van der Waals surface area contributed by atoms with Gasteiger partial charge in [-0.25, -0.2) is 8.78 Å². The van der Waals surface area contributed by atoms with Crippen molar-refractivity contribution in [2.45, 2.75) is 34.1 Å². The Labute approximate surface area is 230 Å². The molecule has 4 N–H and O–H groups in total. The molecule has 39 heavy (non-hydrogen) atoms. The number of hydrogen-bond donors (Lipinski definition) is 2. The minimum absolute atomic E-state index is 0.0512. The first-order valence-corrected chi connectivity index (χ1v) is 12.9. The van der Waals surface area contributed by atoms with Gasteiger partial charge in [-0.2, -0.15) is 0 Å². The van der Waals surface area contributed by atoms with E-state index in [-0.39, 0.29) is 25.5 Å². The number of amides is 1. The zero-order valence-corrected chi connectivity index (χ0v) is 23.6. The highest BCUT2D eigenvalue weighted by Crippen LogP contribution is 2.23. The van der Waals surface area contributed by atoms with E-state index in [1.807, 2.05) is 13.8 Å². The van der Waals surface area contributed by atoms with Gasteiger partial charge in [0.2, 0.25) is 11.7 Å². The van der Waals surface area contributed by atoms with Gasteiger partial charge in [0, 0.05) is 13.5 Å². The van der Waals surface area contributed by atoms with Crippen LogP contribution in [-0.2, 0) is 38.0 Å². The number of nitrogens with two attached hydrogens (primary N) is 2. The van der Waals surface area contributed by atoms with E-state index in [2.05, 4.69) is 5.73 Å². The lowest BCUT2D eigenvalue weighted by Crippen LogP contribution is -2.16. The normalized spacial score (nSPS) is 10.2. The van der Waals surface area contributed by atoms with Gasteiger partial charge in [-0.3, -0.25) is 9.59 Å². The fourth-order valence-electron chi connectivity index (χ4n) is 2.39. The lowest BCUT2D eigenvalue weighted by atomic mass is 10.2. The Bertz CT molecular complexity index is 716. The molecule has 13 heteroatoms. The minimum Gasteiger partial charge on any atom is -0.420 e. The zero-order chi connectivity index (χ0) is 29.7. The van der Waals surface area contributed by atoms with Crippen LogP contribution in [0.5, 0.6) is 5.75 Å². The smallest absolute Gasteiger partial charge is 0.313 e. The van der Waals surface area contributed by atoms with Crippen LogP contribution in [0.1, 0.15) is 32.8 Å². The van der Waals surface area contributed by atoms with Crippen molar-refractivity contribution in [2.24, 2.45) is 11.5 Å². The summed E-state index contributed by atoms with van der Waals surface area (Å²) in [6, 6.07) is 2.19. The summed E-state index contributed by atoms with van der Waals surface area (Å²) in [5.74, 6) is -3.65. The van der Waals surface area contributed by atoms with Crippen molar-refractivity contribution in [3.05, 3.63) is 29.3 Å². The van der Waals surface area contributed by atoms with Gasteiger partial charge in [-0.15, -0.1) is 0 Å². The van der Waals surface area contributed by atoms with Crippen LogP contribution in [0, 0.1) is 18.6 Å². The minimum atomic E-state index is -0.918. The van der Waals surface area contributed by atoms with Crippen LogP contribution in [0.25, 0.3) is 0 Å². The summed E-state index contributed by atoms with van der Waals surface area (Å²) in [4.78, 5) is 20.9. The average molecular weight is 569 g/mol. The lowest BCUT2D eigenvalue weighted by molar-refractivity contribution is -0.136. The van der Waals surface area contributed by atoms with E-state index >= 15 is 0 Å². The van der Waals surface area contributed by atoms with Gasteiger partial charge < -0.3 is 44.6 Å². The topological polar surface area (TPSA) is 151 Å². The second-order valence-electron chi connectivity index (χ2n) is 7.36. The fraction of sp³-hybridized carbons (Fsp3) is 0.692. The van der Waals surface area contributed by atoms with Crippen molar-refractivity contribution in [3.63, 3.8) is 0 Å². The Hall–Kier alpha value is -2.26. The molecule has 0 aromatic heterocycles. The van der Waals surface area contributed by atoms with Gasteiger partial charge in [0.25, 0.3) is 0 Å². The van der Waals surface area contributed by atoms with Gasteiger partial charge in [0.05, 0.1) is 85.7 Å². The SMILES string of the molecule is CC.CC(N)=O.Cc1cc(F)c(OC(=O)CCOCCOCCOCCOCCOCCOCCN)c(F)c1. The zero-order valence-electron chi connectivity index (χ0n) is 23.6. The molecule has 0 fully saturated rings. The number of hydrogen-bond acceptors (Lipinski definition) is 10. The summed E-state index contributed by atoms with van der Waals surface area (Å²) >= 11 is 0. The highest BCUT2D eigenvalue weighted by atomic mass is 19.1. The Morgan fingerprint density at radius 2 is 1.00 bits per heavy atom. The van der Waals surface area contributed by atoms with E-state index in [4.69, 9.17) is 38.9 Å². The Kier molecular flexibility index (Phi) is 28.7. The maximum atomic E-state index is 13.6. The molecule has 0 bridgehead atoms. The number of rotatable bonds is 21. The molecular weight excluding hydrogens is 522 g/mol. The van der Waals surface area contributed by atoms with Gasteiger partial charge >= 0.3 is 5.97 Å². The monoisotopic (exact) mass is 568 g/mol. The largest absolute Gasteiger partial charge is 0.420 e. The van der Waals surface area contributed by atoms with Crippen LogP contribution in [0.15, 0.2) is 12.1 Å². The summed E-state index contributed by atoms with van der Waals surface area (Å²) in [7, 11) is 0. The van der Waals surface area contributed by atoms with Crippen LogP contribution in [0.3, 0.4) is 0 Å². The third-order valence-electron chi connectivity index (χ3n) is 3.93. The van der Waals surface area contributed by atoms with E-state index in [0.717, 1.165) is 12.1 Å². The van der Waals surface area contributed by atoms with Crippen LogP contribution in [-0.4, -0.2) is 97.7 Å². The molecular formula is C26H46F2N2O9. The maximum Gasteiger partial charge on any atom is 0.313 e. The third kappa shape index (κ3) is 27.1. The molecule has 1 aromatic rings. The van der Waals surface area contributed by atoms with E-state index < -0.39 is 23.4 Å². The number of halogens is 2. The molecule has 1 aromatic carbocycles. The molecule has 0 unspecified atom stereocenters. The summed E-state index contributed by atoms with van der Waals surface area (Å²) < 4.78 is 63.8. The summed E-state index contributed by atoms with van der Waals surface area (Å²) in [5.41, 5.74) is 10.2. The van der Waals surface area contributed by atoms with Crippen molar-refractivity contribution < 1.29 is 51.5 Å². The number of carbonyl (C=O) groups excluding carboxylic acids is 2. The fourth-order valence-corrected chi connectivity index (χ4v) is 2.39. The number of esters is 1. The molecule has 0 spiro atoms. The first kappa shape index (κ1) is 38.9. The molecule has 11 nitrogen and oxygen atoms in total. The molecule has 1 rings (SSSR count). The number of primary amides is 1. The highest BCUT2D eigenvalue weighted by molar-refractivity contribution is 5.72. The molecule has 1 amide bonds. The second-order valence-corrected chi connectivity index (χ2v) is 7.36. The predicted octanol–water partition coefficient (Wildman–Crippen LogP) is 2.14. The Morgan fingerprint density at radius 1 is 0.692 bits per heavy atom. The number of aryl methyl sites for hydroxylation is 1. The molecule has 0 aliphatic heterocycles. The van der Waals surface area contributed by atoms with Crippen molar-refractivity contribution in [2.75, 3.05) is 85.8 Å². The predicted molar refractivity (Wildman–Crippen MR) is 142 cm³/mol. The van der Waals surface area contributed by atoms with E-state index in [1.165, 1.54) is 13.8 Å².